The van der Waals surface area contributed by atoms with E-state index in [1.165, 1.54) is 19.5 Å². The van der Waals surface area contributed by atoms with E-state index in [1.54, 1.807) is 0 Å². The lowest BCUT2D eigenvalue weighted by molar-refractivity contribution is 1.61. The SMILES string of the molecule is Cc1ssc1-c1ssc1C. The van der Waals surface area contributed by atoms with Crippen LogP contribution in [-0.2, 0) is 0 Å². The highest BCUT2D eigenvalue weighted by atomic mass is 32.9. The third kappa shape index (κ3) is 0.906. The summed E-state index contributed by atoms with van der Waals surface area (Å²) in [6.45, 7) is 4.39. The summed E-state index contributed by atoms with van der Waals surface area (Å²) in [6, 6.07) is 0. The van der Waals surface area contributed by atoms with Crippen molar-refractivity contribution >= 4 is 41.4 Å². The zero-order chi connectivity index (χ0) is 7.14. The predicted octanol–water partition coefficient (Wildman–Crippen LogP) is 4.22. The van der Waals surface area contributed by atoms with Crippen LogP contribution in [0.25, 0.3) is 9.75 Å². The number of aryl methyl sites for hydroxylation is 2. The van der Waals surface area contributed by atoms with Gasteiger partial charge in [-0.25, -0.2) is 0 Å². The average Bonchev–Trinajstić information content (AvgIpc) is 1.93. The molecule has 0 aliphatic heterocycles. The van der Waals surface area contributed by atoms with Gasteiger partial charge in [0.1, 0.15) is 0 Å². The molecule has 0 atom stereocenters. The summed E-state index contributed by atoms with van der Waals surface area (Å²) in [4.78, 5) is 6.02. The molecule has 0 spiro atoms. The number of hydrogen-bond donors (Lipinski definition) is 0. The van der Waals surface area contributed by atoms with Gasteiger partial charge < -0.3 is 0 Å². The Kier molecular flexibility index (Phi) is 1.72. The van der Waals surface area contributed by atoms with E-state index in [1.807, 2.05) is 41.4 Å². The second-order valence-electron chi connectivity index (χ2n) is 2.10. The standard InChI is InChI=1S/C6H6S4/c1-3-5(9-7-3)6-4(2)8-10-6/h1-2H3. The van der Waals surface area contributed by atoms with E-state index in [9.17, 15) is 0 Å². The Morgan fingerprint density at radius 2 is 1.10 bits per heavy atom. The quantitative estimate of drug-likeness (QED) is 0.613. The molecule has 0 aromatic carbocycles. The molecule has 0 aliphatic carbocycles. The molecular weight excluding hydrogens is 200 g/mol. The molecular formula is C6H6S4. The summed E-state index contributed by atoms with van der Waals surface area (Å²) in [5, 5.41) is 0. The van der Waals surface area contributed by atoms with Gasteiger partial charge >= 0.3 is 0 Å². The Labute approximate surface area is 74.5 Å². The fraction of sp³-hybridized carbons (Fsp3) is 0.333. The first kappa shape index (κ1) is 7.03. The third-order valence-corrected chi connectivity index (χ3v) is 7.16. The second-order valence-corrected chi connectivity index (χ2v) is 6.81. The van der Waals surface area contributed by atoms with Gasteiger partial charge in [-0.15, -0.1) is 0 Å². The van der Waals surface area contributed by atoms with E-state index < -0.39 is 0 Å². The molecule has 0 saturated carbocycles. The first-order valence-electron chi connectivity index (χ1n) is 2.90. The molecule has 0 saturated heterocycles. The van der Waals surface area contributed by atoms with Crippen molar-refractivity contribution in [3.63, 3.8) is 0 Å². The Hall–Kier alpha value is 0.360. The van der Waals surface area contributed by atoms with Gasteiger partial charge in [-0.3, -0.25) is 0 Å². The molecule has 0 radical (unpaired) electrons. The average molecular weight is 206 g/mol. The number of rotatable bonds is 1. The van der Waals surface area contributed by atoms with Crippen LogP contribution >= 0.6 is 41.4 Å². The van der Waals surface area contributed by atoms with E-state index in [2.05, 4.69) is 13.8 Å². The lowest BCUT2D eigenvalue weighted by atomic mass is 10.3. The fourth-order valence-electron chi connectivity index (χ4n) is 0.729. The van der Waals surface area contributed by atoms with Crippen LogP contribution < -0.4 is 0 Å². The molecule has 4 heteroatoms. The fourth-order valence-corrected chi connectivity index (χ4v) is 5.25. The van der Waals surface area contributed by atoms with Crippen LogP contribution in [0.15, 0.2) is 0 Å². The smallest absolute Gasteiger partial charge is 0.0705 e. The summed E-state index contributed by atoms with van der Waals surface area (Å²) in [7, 11) is 7.59. The predicted molar refractivity (Wildman–Crippen MR) is 52.9 cm³/mol. The van der Waals surface area contributed by atoms with Gasteiger partial charge in [0.25, 0.3) is 0 Å². The van der Waals surface area contributed by atoms with Crippen molar-refractivity contribution in [3.8, 4) is 9.75 Å². The summed E-state index contributed by atoms with van der Waals surface area (Å²) >= 11 is 0. The van der Waals surface area contributed by atoms with E-state index in [0.29, 0.717) is 0 Å². The Morgan fingerprint density at radius 1 is 0.700 bits per heavy atom. The molecule has 2 aromatic rings. The lowest BCUT2D eigenvalue weighted by Crippen LogP contribution is -1.80. The van der Waals surface area contributed by atoms with Gasteiger partial charge in [-0.1, -0.05) is 41.4 Å². The summed E-state index contributed by atoms with van der Waals surface area (Å²) in [6.07, 6.45) is 0. The van der Waals surface area contributed by atoms with E-state index in [-0.39, 0.29) is 0 Å². The van der Waals surface area contributed by atoms with Crippen LogP contribution in [0, 0.1) is 13.8 Å². The largest absolute Gasteiger partial charge is 0.0832 e. The van der Waals surface area contributed by atoms with Crippen LogP contribution in [0.1, 0.15) is 9.75 Å². The van der Waals surface area contributed by atoms with Crippen molar-refractivity contribution in [2.45, 2.75) is 13.8 Å². The molecule has 2 heterocycles. The molecule has 2 aromatic heterocycles. The minimum atomic E-state index is 1.49. The zero-order valence-electron chi connectivity index (χ0n) is 5.63. The normalized spacial score (nSPS) is 11.0. The highest BCUT2D eigenvalue weighted by Crippen LogP contribution is 2.46. The summed E-state index contributed by atoms with van der Waals surface area (Å²) in [5.74, 6) is 0. The molecule has 0 unspecified atom stereocenters. The van der Waals surface area contributed by atoms with Gasteiger partial charge in [0.15, 0.2) is 0 Å². The van der Waals surface area contributed by atoms with Crippen LogP contribution in [0.5, 0.6) is 0 Å². The van der Waals surface area contributed by atoms with Gasteiger partial charge in [0.05, 0.1) is 9.75 Å². The van der Waals surface area contributed by atoms with Crippen molar-refractivity contribution in [3.05, 3.63) is 9.75 Å². The van der Waals surface area contributed by atoms with Gasteiger partial charge in [-0.2, -0.15) is 0 Å². The van der Waals surface area contributed by atoms with E-state index in [0.717, 1.165) is 0 Å². The van der Waals surface area contributed by atoms with Crippen LogP contribution in [-0.4, -0.2) is 0 Å². The minimum Gasteiger partial charge on any atom is -0.0832 e. The topological polar surface area (TPSA) is 0 Å². The Balaban J connectivity index is 2.39. The molecule has 10 heavy (non-hydrogen) atoms. The Bertz CT molecular complexity index is 286. The summed E-state index contributed by atoms with van der Waals surface area (Å²) < 4.78 is 0. The molecule has 0 N–H and O–H groups in total. The monoisotopic (exact) mass is 206 g/mol. The molecule has 0 aliphatic rings. The van der Waals surface area contributed by atoms with Crippen molar-refractivity contribution < 1.29 is 0 Å². The van der Waals surface area contributed by atoms with Gasteiger partial charge in [0.2, 0.25) is 0 Å². The van der Waals surface area contributed by atoms with Crippen LogP contribution in [0.3, 0.4) is 0 Å². The van der Waals surface area contributed by atoms with E-state index in [4.69, 9.17) is 0 Å². The van der Waals surface area contributed by atoms with Crippen molar-refractivity contribution in [1.82, 2.24) is 0 Å². The maximum absolute atomic E-state index is 2.19. The molecule has 0 bridgehead atoms. The first-order valence-corrected chi connectivity index (χ1v) is 7.20. The third-order valence-electron chi connectivity index (χ3n) is 1.35. The van der Waals surface area contributed by atoms with Crippen LogP contribution in [0.2, 0.25) is 0 Å². The molecule has 0 fully saturated rings. The lowest BCUT2D eigenvalue weighted by Gasteiger charge is -2.09. The molecule has 54 valence electrons. The van der Waals surface area contributed by atoms with Crippen molar-refractivity contribution in [2.75, 3.05) is 0 Å². The second kappa shape index (κ2) is 2.44. The van der Waals surface area contributed by atoms with E-state index >= 15 is 0 Å². The molecule has 2 rings (SSSR count). The maximum Gasteiger partial charge on any atom is 0.0705 e. The Morgan fingerprint density at radius 3 is 1.20 bits per heavy atom. The molecule has 0 nitrogen and oxygen atoms in total. The maximum atomic E-state index is 2.19. The minimum absolute atomic E-state index is 1.49. The van der Waals surface area contributed by atoms with Crippen LogP contribution in [0.4, 0.5) is 0 Å². The number of hydrogen-bond acceptors (Lipinski definition) is 4. The van der Waals surface area contributed by atoms with Crippen molar-refractivity contribution in [1.29, 1.82) is 0 Å². The zero-order valence-corrected chi connectivity index (χ0v) is 8.90. The highest BCUT2D eigenvalue weighted by Gasteiger charge is 2.13. The van der Waals surface area contributed by atoms with Crippen molar-refractivity contribution in [2.24, 2.45) is 0 Å². The summed E-state index contributed by atoms with van der Waals surface area (Å²) in [5.41, 5.74) is 0. The van der Waals surface area contributed by atoms with Gasteiger partial charge in [0, 0.05) is 9.75 Å². The highest BCUT2D eigenvalue weighted by molar-refractivity contribution is 7.77. The van der Waals surface area contributed by atoms with Gasteiger partial charge in [-0.05, 0) is 13.8 Å². The first-order chi connectivity index (χ1) is 4.79. The molecule has 0 amide bonds.